The summed E-state index contributed by atoms with van der Waals surface area (Å²) in [6, 6.07) is 10.4. The Morgan fingerprint density at radius 3 is 2.42 bits per heavy atom. The minimum Gasteiger partial charge on any atom is -0.409 e. The number of hydrogen-bond donors (Lipinski definition) is 2. The van der Waals surface area contributed by atoms with Gasteiger partial charge in [0.2, 0.25) is 0 Å². The molecule has 0 aromatic heterocycles. The molecule has 0 aliphatic carbocycles. The highest BCUT2D eigenvalue weighted by atomic mass is 16.4. The van der Waals surface area contributed by atoms with Crippen molar-refractivity contribution in [2.45, 2.75) is 33.2 Å². The highest BCUT2D eigenvalue weighted by molar-refractivity contribution is 5.80. The summed E-state index contributed by atoms with van der Waals surface area (Å²) in [5, 5.41) is 11.9. The number of nitrogens with two attached hydrogens (primary N) is 1. The molecule has 1 aromatic carbocycles. The molecule has 0 aliphatic rings. The molecular weight excluding hydrogens is 238 g/mol. The lowest BCUT2D eigenvalue weighted by atomic mass is 10.00. The lowest BCUT2D eigenvalue weighted by molar-refractivity contribution is 0.187. The van der Waals surface area contributed by atoms with E-state index in [2.05, 4.69) is 43.0 Å². The Morgan fingerprint density at radius 1 is 1.32 bits per heavy atom. The zero-order valence-corrected chi connectivity index (χ0v) is 12.1. The van der Waals surface area contributed by atoms with Gasteiger partial charge >= 0.3 is 0 Å². The first-order valence-electron chi connectivity index (χ1n) is 6.83. The predicted molar refractivity (Wildman–Crippen MR) is 79.3 cm³/mol. The maximum Gasteiger partial charge on any atom is 0.141 e. The van der Waals surface area contributed by atoms with Crippen LogP contribution in [0.4, 0.5) is 0 Å². The zero-order chi connectivity index (χ0) is 14.3. The van der Waals surface area contributed by atoms with Gasteiger partial charge in [-0.15, -0.1) is 0 Å². The van der Waals surface area contributed by atoms with E-state index >= 15 is 0 Å². The van der Waals surface area contributed by atoms with Crippen LogP contribution < -0.4 is 5.73 Å². The van der Waals surface area contributed by atoms with E-state index in [1.54, 1.807) is 0 Å². The van der Waals surface area contributed by atoms with E-state index < -0.39 is 0 Å². The summed E-state index contributed by atoms with van der Waals surface area (Å²) in [6.45, 7) is 8.48. The SMILES string of the molecule is CCN(CC(C)C)C(C/C(N)=N/O)c1ccccc1. The molecule has 0 saturated heterocycles. The van der Waals surface area contributed by atoms with Gasteiger partial charge in [-0.05, 0) is 18.0 Å². The fourth-order valence-electron chi connectivity index (χ4n) is 2.32. The van der Waals surface area contributed by atoms with Gasteiger partial charge in [0, 0.05) is 19.0 Å². The van der Waals surface area contributed by atoms with E-state index in [-0.39, 0.29) is 11.9 Å². The van der Waals surface area contributed by atoms with Gasteiger partial charge in [0.25, 0.3) is 0 Å². The Kier molecular flexibility index (Phi) is 6.36. The monoisotopic (exact) mass is 263 g/mol. The predicted octanol–water partition coefficient (Wildman–Crippen LogP) is 2.84. The van der Waals surface area contributed by atoms with Crippen molar-refractivity contribution < 1.29 is 5.21 Å². The Balaban J connectivity index is 2.97. The van der Waals surface area contributed by atoms with Crippen molar-refractivity contribution in [3.8, 4) is 0 Å². The molecule has 4 heteroatoms. The van der Waals surface area contributed by atoms with E-state index in [4.69, 9.17) is 10.9 Å². The summed E-state index contributed by atoms with van der Waals surface area (Å²) in [4.78, 5) is 2.37. The zero-order valence-electron chi connectivity index (χ0n) is 12.1. The van der Waals surface area contributed by atoms with Crippen LogP contribution in [-0.4, -0.2) is 29.0 Å². The van der Waals surface area contributed by atoms with Crippen molar-refractivity contribution in [2.24, 2.45) is 16.8 Å². The number of nitrogens with zero attached hydrogens (tertiary/aromatic N) is 2. The van der Waals surface area contributed by atoms with Gasteiger partial charge in [-0.1, -0.05) is 56.3 Å². The van der Waals surface area contributed by atoms with Crippen molar-refractivity contribution >= 4 is 5.84 Å². The first-order chi connectivity index (χ1) is 9.08. The molecule has 0 radical (unpaired) electrons. The smallest absolute Gasteiger partial charge is 0.141 e. The van der Waals surface area contributed by atoms with Gasteiger partial charge in [-0.25, -0.2) is 0 Å². The van der Waals surface area contributed by atoms with E-state index in [1.165, 1.54) is 5.56 Å². The van der Waals surface area contributed by atoms with Crippen molar-refractivity contribution in [1.29, 1.82) is 0 Å². The van der Waals surface area contributed by atoms with E-state index in [1.807, 2.05) is 18.2 Å². The number of amidine groups is 1. The molecule has 1 rings (SSSR count). The van der Waals surface area contributed by atoms with Crippen molar-refractivity contribution in [3.63, 3.8) is 0 Å². The number of rotatable bonds is 7. The van der Waals surface area contributed by atoms with Crippen LogP contribution in [0.5, 0.6) is 0 Å². The molecule has 0 saturated carbocycles. The highest BCUT2D eigenvalue weighted by Gasteiger charge is 2.21. The molecule has 0 spiro atoms. The van der Waals surface area contributed by atoms with Crippen LogP contribution in [0.3, 0.4) is 0 Å². The summed E-state index contributed by atoms with van der Waals surface area (Å²) in [5.41, 5.74) is 6.91. The van der Waals surface area contributed by atoms with E-state index in [9.17, 15) is 0 Å². The largest absolute Gasteiger partial charge is 0.409 e. The summed E-state index contributed by atoms with van der Waals surface area (Å²) in [7, 11) is 0. The topological polar surface area (TPSA) is 61.8 Å². The second-order valence-corrected chi connectivity index (χ2v) is 5.20. The Hall–Kier alpha value is -1.55. The second kappa shape index (κ2) is 7.79. The van der Waals surface area contributed by atoms with Crippen molar-refractivity contribution in [3.05, 3.63) is 35.9 Å². The van der Waals surface area contributed by atoms with Crippen LogP contribution in [0.1, 0.15) is 38.8 Å². The molecule has 4 nitrogen and oxygen atoms in total. The molecule has 1 unspecified atom stereocenters. The minimum absolute atomic E-state index is 0.157. The molecule has 19 heavy (non-hydrogen) atoms. The Bertz CT molecular complexity index is 390. The van der Waals surface area contributed by atoms with Gasteiger partial charge in [0.1, 0.15) is 5.84 Å². The minimum atomic E-state index is 0.157. The normalized spacial score (nSPS) is 14.1. The lowest BCUT2D eigenvalue weighted by Gasteiger charge is -2.32. The maximum absolute atomic E-state index is 8.81. The van der Waals surface area contributed by atoms with E-state index in [0.29, 0.717) is 12.3 Å². The number of benzene rings is 1. The maximum atomic E-state index is 8.81. The molecule has 0 amide bonds. The van der Waals surface area contributed by atoms with Crippen LogP contribution in [0.15, 0.2) is 35.5 Å². The molecule has 1 atom stereocenters. The van der Waals surface area contributed by atoms with Crippen LogP contribution in [0, 0.1) is 5.92 Å². The van der Waals surface area contributed by atoms with Gasteiger partial charge in [-0.3, -0.25) is 4.90 Å². The van der Waals surface area contributed by atoms with Gasteiger partial charge in [0.05, 0.1) is 0 Å². The lowest BCUT2D eigenvalue weighted by Crippen LogP contribution is -2.34. The fourth-order valence-corrected chi connectivity index (χ4v) is 2.32. The molecule has 0 bridgehead atoms. The van der Waals surface area contributed by atoms with Gasteiger partial charge in [-0.2, -0.15) is 0 Å². The highest BCUT2D eigenvalue weighted by Crippen LogP contribution is 2.25. The van der Waals surface area contributed by atoms with Gasteiger partial charge in [0.15, 0.2) is 0 Å². The molecule has 3 N–H and O–H groups in total. The summed E-state index contributed by atoms with van der Waals surface area (Å²) in [5.74, 6) is 0.856. The average molecular weight is 263 g/mol. The molecule has 1 aromatic rings. The second-order valence-electron chi connectivity index (χ2n) is 5.20. The average Bonchev–Trinajstić information content (AvgIpc) is 2.42. The van der Waals surface area contributed by atoms with Crippen LogP contribution in [0.25, 0.3) is 0 Å². The van der Waals surface area contributed by atoms with Crippen molar-refractivity contribution in [1.82, 2.24) is 4.90 Å². The van der Waals surface area contributed by atoms with Crippen LogP contribution in [-0.2, 0) is 0 Å². The summed E-state index contributed by atoms with van der Waals surface area (Å²) < 4.78 is 0. The Labute approximate surface area is 115 Å². The first kappa shape index (κ1) is 15.5. The van der Waals surface area contributed by atoms with Crippen LogP contribution >= 0.6 is 0 Å². The van der Waals surface area contributed by atoms with Crippen molar-refractivity contribution in [2.75, 3.05) is 13.1 Å². The number of hydrogen-bond acceptors (Lipinski definition) is 3. The van der Waals surface area contributed by atoms with Gasteiger partial charge < -0.3 is 10.9 Å². The quantitative estimate of drug-likeness (QED) is 0.344. The van der Waals surface area contributed by atoms with E-state index in [0.717, 1.165) is 13.1 Å². The summed E-state index contributed by atoms with van der Waals surface area (Å²) in [6.07, 6.45) is 0.543. The molecule has 0 aliphatic heterocycles. The third-order valence-corrected chi connectivity index (χ3v) is 3.16. The summed E-state index contributed by atoms with van der Waals surface area (Å²) >= 11 is 0. The van der Waals surface area contributed by atoms with Crippen LogP contribution in [0.2, 0.25) is 0 Å². The molecular formula is C15H25N3O. The standard InChI is InChI=1S/C15H25N3O/c1-4-18(11-12(2)3)14(10-15(16)17-19)13-8-6-5-7-9-13/h5-9,12,14,19H,4,10-11H2,1-3H3,(H2,16,17). The number of oxime groups is 1. The molecule has 0 fully saturated rings. The third kappa shape index (κ3) is 4.91. The third-order valence-electron chi connectivity index (χ3n) is 3.16. The Morgan fingerprint density at radius 2 is 1.95 bits per heavy atom. The molecule has 0 heterocycles. The fraction of sp³-hybridized carbons (Fsp3) is 0.533. The first-order valence-corrected chi connectivity index (χ1v) is 6.83. The molecule has 106 valence electrons.